The van der Waals surface area contributed by atoms with Gasteiger partial charge in [-0.05, 0) is 35.7 Å². The number of carbonyl (C=O) groups excluding carboxylic acids is 2. The van der Waals surface area contributed by atoms with E-state index in [2.05, 4.69) is 17.1 Å². The minimum Gasteiger partial charge on any atom is -0.497 e. The zero-order valence-electron chi connectivity index (χ0n) is 17.2. The van der Waals surface area contributed by atoms with Crippen LogP contribution >= 0.6 is 0 Å². The molecule has 6 heteroatoms. The van der Waals surface area contributed by atoms with Crippen LogP contribution in [0, 0.1) is 0 Å². The van der Waals surface area contributed by atoms with Crippen LogP contribution in [0.4, 0.5) is 5.69 Å². The number of amides is 2. The van der Waals surface area contributed by atoms with Gasteiger partial charge in [-0.25, -0.2) is 0 Å². The van der Waals surface area contributed by atoms with Gasteiger partial charge in [-0.15, -0.1) is 0 Å². The SMILES string of the molecule is CCc1ccccc1NC(=O)CN1CCN(C(=O)Cc2ccc(OC)cc2)CC1. The summed E-state index contributed by atoms with van der Waals surface area (Å²) >= 11 is 0. The maximum absolute atomic E-state index is 12.6. The molecule has 1 fully saturated rings. The number of hydrogen-bond donors (Lipinski definition) is 1. The molecule has 1 aliphatic rings. The van der Waals surface area contributed by atoms with Crippen molar-refractivity contribution >= 4 is 17.5 Å². The van der Waals surface area contributed by atoms with Crippen molar-refractivity contribution in [3.63, 3.8) is 0 Å². The fourth-order valence-electron chi connectivity index (χ4n) is 3.53. The van der Waals surface area contributed by atoms with E-state index in [0.717, 1.165) is 29.0 Å². The van der Waals surface area contributed by atoms with E-state index in [1.54, 1.807) is 7.11 Å². The van der Waals surface area contributed by atoms with E-state index in [9.17, 15) is 9.59 Å². The third kappa shape index (κ3) is 5.81. The van der Waals surface area contributed by atoms with Crippen molar-refractivity contribution in [2.75, 3.05) is 45.2 Å². The van der Waals surface area contributed by atoms with E-state index in [1.807, 2.05) is 53.4 Å². The maximum Gasteiger partial charge on any atom is 0.238 e. The second-order valence-corrected chi connectivity index (χ2v) is 7.24. The van der Waals surface area contributed by atoms with Gasteiger partial charge in [0.2, 0.25) is 11.8 Å². The molecule has 1 aliphatic heterocycles. The number of para-hydroxylation sites is 1. The average molecular weight is 396 g/mol. The standard InChI is InChI=1S/C23H29N3O3/c1-3-19-6-4-5-7-21(19)24-22(27)17-25-12-14-26(15-13-25)23(28)16-18-8-10-20(29-2)11-9-18/h4-11H,3,12-17H2,1-2H3,(H,24,27). The highest BCUT2D eigenvalue weighted by atomic mass is 16.5. The Morgan fingerprint density at radius 1 is 1.00 bits per heavy atom. The van der Waals surface area contributed by atoms with Crippen LogP contribution in [0.25, 0.3) is 0 Å². The van der Waals surface area contributed by atoms with Crippen LogP contribution in [0.15, 0.2) is 48.5 Å². The van der Waals surface area contributed by atoms with Gasteiger partial charge >= 0.3 is 0 Å². The van der Waals surface area contributed by atoms with Crippen LogP contribution in [0.1, 0.15) is 18.1 Å². The fourth-order valence-corrected chi connectivity index (χ4v) is 3.53. The highest BCUT2D eigenvalue weighted by Gasteiger charge is 2.22. The number of methoxy groups -OCH3 is 1. The van der Waals surface area contributed by atoms with Gasteiger partial charge < -0.3 is 15.0 Å². The van der Waals surface area contributed by atoms with Crippen molar-refractivity contribution in [1.29, 1.82) is 0 Å². The summed E-state index contributed by atoms with van der Waals surface area (Å²) in [5, 5.41) is 3.01. The molecule has 0 unspecified atom stereocenters. The lowest BCUT2D eigenvalue weighted by Gasteiger charge is -2.34. The smallest absolute Gasteiger partial charge is 0.238 e. The van der Waals surface area contributed by atoms with E-state index in [1.165, 1.54) is 0 Å². The first kappa shape index (κ1) is 20.9. The number of benzene rings is 2. The zero-order chi connectivity index (χ0) is 20.6. The molecule has 2 aromatic carbocycles. The maximum atomic E-state index is 12.6. The second-order valence-electron chi connectivity index (χ2n) is 7.24. The largest absolute Gasteiger partial charge is 0.497 e. The molecule has 0 spiro atoms. The van der Waals surface area contributed by atoms with Crippen molar-refractivity contribution in [3.8, 4) is 5.75 Å². The highest BCUT2D eigenvalue weighted by Crippen LogP contribution is 2.16. The van der Waals surface area contributed by atoms with Crippen LogP contribution < -0.4 is 10.1 Å². The number of carbonyl (C=O) groups is 2. The van der Waals surface area contributed by atoms with Gasteiger partial charge in [0.25, 0.3) is 0 Å². The van der Waals surface area contributed by atoms with Crippen molar-refractivity contribution in [2.45, 2.75) is 19.8 Å². The van der Waals surface area contributed by atoms with Gasteiger partial charge in [-0.2, -0.15) is 0 Å². The van der Waals surface area contributed by atoms with E-state index in [-0.39, 0.29) is 11.8 Å². The first-order chi connectivity index (χ1) is 14.1. The van der Waals surface area contributed by atoms with Crippen LogP contribution in [0.3, 0.4) is 0 Å². The van der Waals surface area contributed by atoms with Gasteiger partial charge in [0.1, 0.15) is 5.75 Å². The summed E-state index contributed by atoms with van der Waals surface area (Å²) in [7, 11) is 1.63. The second kappa shape index (κ2) is 10.1. The Labute approximate surface area is 172 Å². The molecule has 29 heavy (non-hydrogen) atoms. The first-order valence-electron chi connectivity index (χ1n) is 10.1. The molecule has 0 aromatic heterocycles. The third-order valence-electron chi connectivity index (χ3n) is 5.28. The number of aryl methyl sites for hydroxylation is 1. The Morgan fingerprint density at radius 2 is 1.69 bits per heavy atom. The summed E-state index contributed by atoms with van der Waals surface area (Å²) < 4.78 is 5.15. The molecule has 6 nitrogen and oxygen atoms in total. The third-order valence-corrected chi connectivity index (χ3v) is 5.28. The highest BCUT2D eigenvalue weighted by molar-refractivity contribution is 5.93. The Bertz CT molecular complexity index is 828. The van der Waals surface area contributed by atoms with E-state index in [0.29, 0.717) is 39.1 Å². The Kier molecular flexibility index (Phi) is 7.25. The van der Waals surface area contributed by atoms with Crippen molar-refractivity contribution in [3.05, 3.63) is 59.7 Å². The molecule has 3 rings (SSSR count). The molecule has 154 valence electrons. The number of ether oxygens (including phenoxy) is 1. The summed E-state index contributed by atoms with van der Waals surface area (Å²) in [6.07, 6.45) is 1.27. The summed E-state index contributed by atoms with van der Waals surface area (Å²) in [6, 6.07) is 15.5. The average Bonchev–Trinajstić information content (AvgIpc) is 2.75. The molecule has 0 saturated carbocycles. The van der Waals surface area contributed by atoms with Crippen LogP contribution in [-0.2, 0) is 22.4 Å². The molecule has 2 aromatic rings. The minimum atomic E-state index is -0.0103. The Morgan fingerprint density at radius 3 is 2.34 bits per heavy atom. The monoisotopic (exact) mass is 395 g/mol. The Balaban J connectivity index is 1.44. The normalized spacial score (nSPS) is 14.5. The number of nitrogens with one attached hydrogen (secondary N) is 1. The molecule has 0 aliphatic carbocycles. The summed E-state index contributed by atoms with van der Waals surface area (Å²) in [4.78, 5) is 29.0. The zero-order valence-corrected chi connectivity index (χ0v) is 17.2. The number of hydrogen-bond acceptors (Lipinski definition) is 4. The van der Waals surface area contributed by atoms with Gasteiger partial charge in [0.05, 0.1) is 20.1 Å². The van der Waals surface area contributed by atoms with Crippen LogP contribution in [-0.4, -0.2) is 61.4 Å². The molecular formula is C23H29N3O3. The van der Waals surface area contributed by atoms with Crippen molar-refractivity contribution in [2.24, 2.45) is 0 Å². The summed E-state index contributed by atoms with van der Waals surface area (Å²) in [5.74, 6) is 0.898. The van der Waals surface area contributed by atoms with Gasteiger partial charge in [-0.3, -0.25) is 14.5 Å². The molecule has 1 saturated heterocycles. The molecule has 0 bridgehead atoms. The van der Waals surface area contributed by atoms with Gasteiger partial charge in [0.15, 0.2) is 0 Å². The predicted molar refractivity (Wildman–Crippen MR) is 114 cm³/mol. The summed E-state index contributed by atoms with van der Waals surface area (Å²) in [5.41, 5.74) is 3.00. The minimum absolute atomic E-state index is 0.0103. The van der Waals surface area contributed by atoms with Gasteiger partial charge in [0, 0.05) is 31.9 Å². The Hall–Kier alpha value is -2.86. The van der Waals surface area contributed by atoms with E-state index in [4.69, 9.17) is 4.74 Å². The predicted octanol–water partition coefficient (Wildman–Crippen LogP) is 2.58. The number of rotatable bonds is 7. The number of nitrogens with zero attached hydrogens (tertiary/aromatic N) is 2. The lowest BCUT2D eigenvalue weighted by molar-refractivity contribution is -0.132. The lowest BCUT2D eigenvalue weighted by atomic mass is 10.1. The fraction of sp³-hybridized carbons (Fsp3) is 0.391. The van der Waals surface area contributed by atoms with Gasteiger partial charge in [-0.1, -0.05) is 37.3 Å². The first-order valence-corrected chi connectivity index (χ1v) is 10.1. The number of piperazine rings is 1. The molecule has 0 radical (unpaired) electrons. The quantitative estimate of drug-likeness (QED) is 0.783. The van der Waals surface area contributed by atoms with Crippen LogP contribution in [0.2, 0.25) is 0 Å². The molecular weight excluding hydrogens is 366 g/mol. The lowest BCUT2D eigenvalue weighted by Crippen LogP contribution is -2.50. The van der Waals surface area contributed by atoms with Crippen molar-refractivity contribution < 1.29 is 14.3 Å². The van der Waals surface area contributed by atoms with Crippen molar-refractivity contribution in [1.82, 2.24) is 9.80 Å². The molecule has 1 heterocycles. The molecule has 2 amide bonds. The summed E-state index contributed by atoms with van der Waals surface area (Å²) in [6.45, 7) is 5.13. The number of anilines is 1. The van der Waals surface area contributed by atoms with Crippen LogP contribution in [0.5, 0.6) is 5.75 Å². The molecule has 1 N–H and O–H groups in total. The topological polar surface area (TPSA) is 61.9 Å². The molecule has 0 atom stereocenters. The van der Waals surface area contributed by atoms with E-state index < -0.39 is 0 Å². The van der Waals surface area contributed by atoms with E-state index >= 15 is 0 Å².